The summed E-state index contributed by atoms with van der Waals surface area (Å²) in [6, 6.07) is 4.27. The third-order valence-electron chi connectivity index (χ3n) is 6.41. The predicted molar refractivity (Wildman–Crippen MR) is 125 cm³/mol. The molecule has 2 atom stereocenters. The lowest BCUT2D eigenvalue weighted by Gasteiger charge is -2.37. The summed E-state index contributed by atoms with van der Waals surface area (Å²) in [6.45, 7) is 3.65. The minimum Gasteiger partial charge on any atom is -0.395 e. The fraction of sp³-hybridized carbons (Fsp3) is 0.583. The molecule has 0 unspecified atom stereocenters. The summed E-state index contributed by atoms with van der Waals surface area (Å²) in [7, 11) is 0. The summed E-state index contributed by atoms with van der Waals surface area (Å²) in [6.07, 6.45) is 6.07. The Kier molecular flexibility index (Phi) is 9.67. The molecule has 3 rings (SSSR count). The first kappa shape index (κ1) is 25.6. The monoisotopic (exact) mass is 481 g/mol. The molecule has 33 heavy (non-hydrogen) atoms. The maximum atomic E-state index is 13.3. The summed E-state index contributed by atoms with van der Waals surface area (Å²) in [5, 5.41) is 19.3. The van der Waals surface area contributed by atoms with Crippen LogP contribution >= 0.6 is 11.6 Å². The number of piperidine rings is 1. The second-order valence-corrected chi connectivity index (χ2v) is 9.13. The van der Waals surface area contributed by atoms with E-state index in [1.165, 1.54) is 18.2 Å². The van der Waals surface area contributed by atoms with Gasteiger partial charge in [-0.25, -0.2) is 4.39 Å². The molecule has 0 saturated carbocycles. The Morgan fingerprint density at radius 1 is 1.18 bits per heavy atom. The molecule has 2 aliphatic rings. The molecule has 2 amide bonds. The van der Waals surface area contributed by atoms with Gasteiger partial charge in [-0.1, -0.05) is 17.7 Å². The van der Waals surface area contributed by atoms with Crippen LogP contribution in [0, 0.1) is 5.82 Å². The number of unbranched alkanes of at least 4 members (excludes halogenated alkanes) is 1. The van der Waals surface area contributed by atoms with Crippen LogP contribution in [-0.2, 0) is 9.59 Å². The molecule has 1 aromatic rings. The van der Waals surface area contributed by atoms with Gasteiger partial charge in [0.1, 0.15) is 5.82 Å². The van der Waals surface area contributed by atoms with Gasteiger partial charge in [0, 0.05) is 51.3 Å². The number of halogens is 2. The Balaban J connectivity index is 1.43. The van der Waals surface area contributed by atoms with E-state index in [1.54, 1.807) is 17.0 Å². The van der Waals surface area contributed by atoms with Gasteiger partial charge < -0.3 is 20.0 Å². The van der Waals surface area contributed by atoms with E-state index in [-0.39, 0.29) is 35.6 Å². The Morgan fingerprint density at radius 2 is 1.97 bits per heavy atom. The van der Waals surface area contributed by atoms with E-state index in [4.69, 9.17) is 11.6 Å². The molecule has 2 heterocycles. The molecular weight excluding hydrogens is 449 g/mol. The first-order valence-electron chi connectivity index (χ1n) is 11.6. The van der Waals surface area contributed by atoms with E-state index in [0.29, 0.717) is 44.6 Å². The molecular formula is C24H33ClFN3O4. The van der Waals surface area contributed by atoms with Crippen molar-refractivity contribution in [2.75, 3.05) is 45.9 Å². The quantitative estimate of drug-likeness (QED) is 0.439. The summed E-state index contributed by atoms with van der Waals surface area (Å²) < 4.78 is 13.3. The number of aliphatic hydroxyl groups excluding tert-OH is 2. The highest BCUT2D eigenvalue weighted by atomic mass is 35.5. The zero-order valence-electron chi connectivity index (χ0n) is 18.8. The summed E-state index contributed by atoms with van der Waals surface area (Å²) >= 11 is 5.78. The van der Waals surface area contributed by atoms with Crippen molar-refractivity contribution in [3.8, 4) is 0 Å². The molecule has 0 spiro atoms. The average Bonchev–Trinajstić information content (AvgIpc) is 2.99. The van der Waals surface area contributed by atoms with Crippen LogP contribution in [0.1, 0.15) is 37.7 Å². The van der Waals surface area contributed by atoms with Crippen LogP contribution in [0.15, 0.2) is 24.3 Å². The normalized spacial score (nSPS) is 22.7. The Bertz CT molecular complexity index is 853. The molecule has 0 aromatic heterocycles. The van der Waals surface area contributed by atoms with Crippen molar-refractivity contribution in [3.05, 3.63) is 40.7 Å². The van der Waals surface area contributed by atoms with Gasteiger partial charge in [-0.3, -0.25) is 14.5 Å². The Morgan fingerprint density at radius 3 is 2.73 bits per heavy atom. The average molecular weight is 482 g/mol. The van der Waals surface area contributed by atoms with Crippen LogP contribution in [0.2, 0.25) is 5.02 Å². The first-order chi connectivity index (χ1) is 15.9. The van der Waals surface area contributed by atoms with Crippen molar-refractivity contribution < 1.29 is 24.2 Å². The number of aliphatic hydroxyl groups is 2. The third kappa shape index (κ3) is 7.50. The SMILES string of the molecule is O=C(/C=C/c1ccc(F)c(Cl)c1)N1CCC(=O)N(CCCCN2CC[C@@H](O)C[C@H]2CO)CC1. The van der Waals surface area contributed by atoms with Crippen molar-refractivity contribution in [1.82, 2.24) is 14.7 Å². The topological polar surface area (TPSA) is 84.3 Å². The smallest absolute Gasteiger partial charge is 0.246 e. The molecule has 2 aliphatic heterocycles. The van der Waals surface area contributed by atoms with E-state index in [0.717, 1.165) is 32.4 Å². The lowest BCUT2D eigenvalue weighted by Crippen LogP contribution is -2.46. The minimum absolute atomic E-state index is 0.00497. The molecule has 0 bridgehead atoms. The van der Waals surface area contributed by atoms with Crippen molar-refractivity contribution in [2.45, 2.75) is 44.2 Å². The number of carbonyl (C=O) groups excluding carboxylic acids is 2. The first-order valence-corrected chi connectivity index (χ1v) is 12.0. The lowest BCUT2D eigenvalue weighted by atomic mass is 9.99. The molecule has 182 valence electrons. The summed E-state index contributed by atoms with van der Waals surface area (Å²) in [5.41, 5.74) is 0.633. The van der Waals surface area contributed by atoms with Gasteiger partial charge in [0.2, 0.25) is 11.8 Å². The van der Waals surface area contributed by atoms with E-state index < -0.39 is 5.82 Å². The Labute approximate surface area is 199 Å². The van der Waals surface area contributed by atoms with E-state index in [2.05, 4.69) is 4.90 Å². The Hall–Kier alpha value is -2.00. The zero-order chi connectivity index (χ0) is 23.8. The minimum atomic E-state index is -0.505. The molecule has 9 heteroatoms. The maximum Gasteiger partial charge on any atom is 0.246 e. The van der Waals surface area contributed by atoms with Crippen molar-refractivity contribution in [3.63, 3.8) is 0 Å². The highest BCUT2D eigenvalue weighted by Gasteiger charge is 2.27. The summed E-state index contributed by atoms with van der Waals surface area (Å²) in [5.74, 6) is -0.643. The third-order valence-corrected chi connectivity index (χ3v) is 6.70. The zero-order valence-corrected chi connectivity index (χ0v) is 19.6. The standard InChI is InChI=1S/C24H33ClFN3O4/c25-21-15-18(3-5-22(21)26)4-6-23(32)29-12-8-24(33)28(13-14-29)10-2-1-9-27-11-7-20(31)16-19(27)17-30/h3-6,15,19-20,30-31H,1-2,7-14,16-17H2/b6-4+/t19-,20+/m0/s1. The number of hydrogen-bond donors (Lipinski definition) is 2. The number of benzene rings is 1. The lowest BCUT2D eigenvalue weighted by molar-refractivity contribution is -0.130. The van der Waals surface area contributed by atoms with Gasteiger partial charge in [0.25, 0.3) is 0 Å². The van der Waals surface area contributed by atoms with Crippen molar-refractivity contribution >= 4 is 29.5 Å². The van der Waals surface area contributed by atoms with Gasteiger partial charge >= 0.3 is 0 Å². The van der Waals surface area contributed by atoms with E-state index in [9.17, 15) is 24.2 Å². The molecule has 0 aliphatic carbocycles. The van der Waals surface area contributed by atoms with Gasteiger partial charge in [-0.2, -0.15) is 0 Å². The van der Waals surface area contributed by atoms with Crippen LogP contribution in [0.25, 0.3) is 6.08 Å². The fourth-order valence-corrected chi connectivity index (χ4v) is 4.58. The van der Waals surface area contributed by atoms with Crippen LogP contribution in [-0.4, -0.2) is 94.7 Å². The van der Waals surface area contributed by atoms with Gasteiger partial charge in [0.15, 0.2) is 0 Å². The number of amides is 2. The molecule has 1 aromatic carbocycles. The molecule has 7 nitrogen and oxygen atoms in total. The molecule has 2 N–H and O–H groups in total. The van der Waals surface area contributed by atoms with E-state index >= 15 is 0 Å². The number of hydrogen-bond acceptors (Lipinski definition) is 5. The maximum absolute atomic E-state index is 13.3. The van der Waals surface area contributed by atoms with Crippen LogP contribution in [0.4, 0.5) is 4.39 Å². The second-order valence-electron chi connectivity index (χ2n) is 8.72. The highest BCUT2D eigenvalue weighted by Crippen LogP contribution is 2.19. The van der Waals surface area contributed by atoms with Crippen molar-refractivity contribution in [2.24, 2.45) is 0 Å². The highest BCUT2D eigenvalue weighted by molar-refractivity contribution is 6.30. The predicted octanol–water partition coefficient (Wildman–Crippen LogP) is 2.15. The largest absolute Gasteiger partial charge is 0.395 e. The number of carbonyl (C=O) groups is 2. The van der Waals surface area contributed by atoms with Crippen LogP contribution < -0.4 is 0 Å². The number of likely N-dealkylation sites (tertiary alicyclic amines) is 1. The fourth-order valence-electron chi connectivity index (χ4n) is 4.39. The summed E-state index contributed by atoms with van der Waals surface area (Å²) in [4.78, 5) is 30.8. The molecule has 0 radical (unpaired) electrons. The number of rotatable bonds is 8. The molecule has 2 saturated heterocycles. The van der Waals surface area contributed by atoms with Gasteiger partial charge in [-0.15, -0.1) is 0 Å². The number of nitrogens with zero attached hydrogens (tertiary/aromatic N) is 3. The van der Waals surface area contributed by atoms with E-state index in [1.807, 2.05) is 4.90 Å². The molecule has 2 fully saturated rings. The van der Waals surface area contributed by atoms with Crippen molar-refractivity contribution in [1.29, 1.82) is 0 Å². The second kappa shape index (κ2) is 12.5. The van der Waals surface area contributed by atoms with Gasteiger partial charge in [0.05, 0.1) is 17.7 Å². The van der Waals surface area contributed by atoms with Gasteiger partial charge in [-0.05, 0) is 56.0 Å². The van der Waals surface area contributed by atoms with Crippen LogP contribution in [0.5, 0.6) is 0 Å². The van der Waals surface area contributed by atoms with Crippen LogP contribution in [0.3, 0.4) is 0 Å².